The molecule has 1 aliphatic rings. The maximum atomic E-state index is 14.0. The van der Waals surface area contributed by atoms with Gasteiger partial charge in [0, 0.05) is 13.0 Å². The van der Waals surface area contributed by atoms with Crippen LogP contribution in [0.1, 0.15) is 212 Å². The maximum Gasteiger partial charge on any atom is 0.407 e. The number of aliphatic hydroxyl groups excluding tert-OH is 3. The highest BCUT2D eigenvalue weighted by Crippen LogP contribution is 2.26. The van der Waals surface area contributed by atoms with E-state index in [4.69, 9.17) is 9.47 Å². The van der Waals surface area contributed by atoms with Gasteiger partial charge in [-0.25, -0.2) is 4.79 Å². The molecule has 1 aromatic carbocycles. The van der Waals surface area contributed by atoms with Crippen molar-refractivity contribution >= 4 is 17.9 Å². The first kappa shape index (κ1) is 54.4. The molecule has 0 saturated carbocycles. The Bertz CT molecular complexity index is 1220. The molecule has 3 amide bonds. The van der Waals surface area contributed by atoms with Crippen LogP contribution >= 0.6 is 0 Å². The number of rotatable bonds is 38. The van der Waals surface area contributed by atoms with Crippen molar-refractivity contribution < 1.29 is 39.2 Å². The minimum atomic E-state index is -1.53. The molecular weight excluding hydrogens is 771 g/mol. The summed E-state index contributed by atoms with van der Waals surface area (Å²) < 4.78 is 11.4. The van der Waals surface area contributed by atoms with Crippen molar-refractivity contribution in [3.63, 3.8) is 0 Å². The second-order valence-electron chi connectivity index (χ2n) is 17.6. The standard InChI is InChI=1S/C50H89N3O8/c1-3-5-7-9-11-13-15-17-19-20-22-24-26-28-33-37-45(56)53(38-34-29-27-25-23-21-18-16-14-12-10-8-6-4-2)49-46(48(58)47(57)43(40-54)61-49)52-44(55)39-51-50(59)60-41-42-35-31-30-32-36-42/h30-32,35-36,43,46-49,54,57-58H,3-29,33-34,37-41H2,1-2H3,(H,51,59)(H,52,55)/t43-,46-,47-,48-,49-/m1/s1. The fourth-order valence-corrected chi connectivity index (χ4v) is 8.35. The molecule has 5 atom stereocenters. The van der Waals surface area contributed by atoms with Crippen molar-refractivity contribution in [2.45, 2.75) is 244 Å². The molecule has 0 spiro atoms. The lowest BCUT2D eigenvalue weighted by atomic mass is 9.94. The Morgan fingerprint density at radius 2 is 1.07 bits per heavy atom. The molecule has 1 aliphatic heterocycles. The van der Waals surface area contributed by atoms with Gasteiger partial charge in [-0.1, -0.05) is 218 Å². The predicted molar refractivity (Wildman–Crippen MR) is 246 cm³/mol. The molecule has 2 rings (SSSR count). The highest BCUT2D eigenvalue weighted by Gasteiger charge is 2.48. The van der Waals surface area contributed by atoms with Crippen LogP contribution in [0.15, 0.2) is 30.3 Å². The first-order valence-electron chi connectivity index (χ1n) is 25.0. The van der Waals surface area contributed by atoms with Crippen molar-refractivity contribution in [1.29, 1.82) is 0 Å². The van der Waals surface area contributed by atoms with Gasteiger partial charge in [0.2, 0.25) is 11.8 Å². The molecule has 5 N–H and O–H groups in total. The normalized spacial score (nSPS) is 18.8. The van der Waals surface area contributed by atoms with Crippen molar-refractivity contribution in [2.24, 2.45) is 0 Å². The summed E-state index contributed by atoms with van der Waals surface area (Å²) >= 11 is 0. The molecule has 0 aliphatic carbocycles. The Labute approximate surface area is 370 Å². The van der Waals surface area contributed by atoms with Gasteiger partial charge in [0.05, 0.1) is 6.61 Å². The number of aliphatic hydroxyl groups is 3. The van der Waals surface area contributed by atoms with Crippen molar-refractivity contribution in [1.82, 2.24) is 15.5 Å². The number of carbonyl (C=O) groups is 3. The number of unbranched alkanes of at least 4 members (excludes halogenated alkanes) is 27. The summed E-state index contributed by atoms with van der Waals surface area (Å²) in [7, 11) is 0. The second kappa shape index (κ2) is 36.7. The zero-order valence-electron chi connectivity index (χ0n) is 38.6. The van der Waals surface area contributed by atoms with Crippen LogP contribution < -0.4 is 10.6 Å². The van der Waals surface area contributed by atoms with Gasteiger partial charge in [-0.2, -0.15) is 0 Å². The summed E-state index contributed by atoms with van der Waals surface area (Å²) in [6.07, 6.45) is 29.6. The number of alkyl carbamates (subject to hydrolysis) is 1. The third kappa shape index (κ3) is 25.8. The Kier molecular flexibility index (Phi) is 32.8. The van der Waals surface area contributed by atoms with E-state index in [1.54, 1.807) is 4.90 Å². The van der Waals surface area contributed by atoms with E-state index in [0.29, 0.717) is 13.0 Å². The quantitative estimate of drug-likeness (QED) is 0.0411. The van der Waals surface area contributed by atoms with Crippen LogP contribution in [-0.2, 0) is 25.7 Å². The van der Waals surface area contributed by atoms with Gasteiger partial charge >= 0.3 is 6.09 Å². The zero-order chi connectivity index (χ0) is 44.2. The van der Waals surface area contributed by atoms with E-state index in [-0.39, 0.29) is 12.5 Å². The van der Waals surface area contributed by atoms with E-state index in [9.17, 15) is 29.7 Å². The van der Waals surface area contributed by atoms with Gasteiger partial charge in [0.1, 0.15) is 37.5 Å². The van der Waals surface area contributed by atoms with Crippen molar-refractivity contribution in [3.8, 4) is 0 Å². The zero-order valence-corrected chi connectivity index (χ0v) is 38.6. The fraction of sp³-hybridized carbons (Fsp3) is 0.820. The van der Waals surface area contributed by atoms with E-state index < -0.39 is 55.7 Å². The number of carbonyl (C=O) groups excluding carboxylic acids is 3. The van der Waals surface area contributed by atoms with Crippen LogP contribution in [0.4, 0.5) is 4.79 Å². The van der Waals surface area contributed by atoms with Crippen LogP contribution in [0.3, 0.4) is 0 Å². The minimum absolute atomic E-state index is 0.0377. The van der Waals surface area contributed by atoms with Gasteiger partial charge in [-0.3, -0.25) is 9.59 Å². The van der Waals surface area contributed by atoms with E-state index in [1.807, 2.05) is 30.3 Å². The first-order chi connectivity index (χ1) is 29.8. The lowest BCUT2D eigenvalue weighted by molar-refractivity contribution is -0.231. The molecule has 0 aromatic heterocycles. The van der Waals surface area contributed by atoms with E-state index >= 15 is 0 Å². The molecule has 1 aromatic rings. The first-order valence-corrected chi connectivity index (χ1v) is 25.0. The van der Waals surface area contributed by atoms with Gasteiger partial charge in [-0.15, -0.1) is 0 Å². The molecule has 61 heavy (non-hydrogen) atoms. The van der Waals surface area contributed by atoms with Gasteiger partial charge < -0.3 is 40.3 Å². The van der Waals surface area contributed by atoms with Gasteiger partial charge in [0.25, 0.3) is 0 Å². The number of benzene rings is 1. The molecule has 11 nitrogen and oxygen atoms in total. The topological polar surface area (TPSA) is 158 Å². The van der Waals surface area contributed by atoms with Crippen LogP contribution in [0.5, 0.6) is 0 Å². The number of hydrogen-bond acceptors (Lipinski definition) is 8. The molecule has 352 valence electrons. The van der Waals surface area contributed by atoms with E-state index in [2.05, 4.69) is 24.5 Å². The molecule has 0 unspecified atom stereocenters. The monoisotopic (exact) mass is 860 g/mol. The van der Waals surface area contributed by atoms with E-state index in [1.165, 1.54) is 135 Å². The number of nitrogens with one attached hydrogen (secondary N) is 2. The summed E-state index contributed by atoms with van der Waals surface area (Å²) in [5.74, 6) is -0.785. The summed E-state index contributed by atoms with van der Waals surface area (Å²) in [5, 5.41) is 37.3. The highest BCUT2D eigenvalue weighted by molar-refractivity contribution is 5.82. The third-order valence-corrected chi connectivity index (χ3v) is 12.2. The molecular formula is C50H89N3O8. The number of ether oxygens (including phenoxy) is 2. The highest BCUT2D eigenvalue weighted by atomic mass is 16.6. The largest absolute Gasteiger partial charge is 0.445 e. The Morgan fingerprint density at radius 1 is 0.623 bits per heavy atom. The predicted octanol–water partition coefficient (Wildman–Crippen LogP) is 10.4. The van der Waals surface area contributed by atoms with Crippen LogP contribution in [0, 0.1) is 0 Å². The van der Waals surface area contributed by atoms with Crippen LogP contribution in [-0.4, -0.2) is 88.4 Å². The van der Waals surface area contributed by atoms with Crippen LogP contribution in [0.25, 0.3) is 0 Å². The molecule has 1 fully saturated rings. The molecule has 0 radical (unpaired) electrons. The lowest BCUT2D eigenvalue weighted by Gasteiger charge is -2.47. The fourth-order valence-electron chi connectivity index (χ4n) is 8.35. The van der Waals surface area contributed by atoms with Gasteiger partial charge in [0.15, 0.2) is 6.23 Å². The minimum Gasteiger partial charge on any atom is -0.445 e. The maximum absolute atomic E-state index is 14.0. The Morgan fingerprint density at radius 3 is 1.52 bits per heavy atom. The Hall–Kier alpha value is -2.73. The molecule has 11 heteroatoms. The molecule has 1 saturated heterocycles. The van der Waals surface area contributed by atoms with Crippen molar-refractivity contribution in [3.05, 3.63) is 35.9 Å². The number of amides is 3. The van der Waals surface area contributed by atoms with Crippen LogP contribution in [0.2, 0.25) is 0 Å². The number of hydrogen-bond donors (Lipinski definition) is 5. The summed E-state index contributed by atoms with van der Waals surface area (Å²) in [5.41, 5.74) is 0.799. The molecule has 1 heterocycles. The SMILES string of the molecule is CCCCCCCCCCCCCCCCCC(=O)N(CCCCCCCCCCCCCCCC)[C@@H]1O[C@H](CO)[C@@H](O)[C@H](O)[C@H]1NC(=O)CNC(=O)OCc1ccccc1. The molecule has 0 bridgehead atoms. The lowest BCUT2D eigenvalue weighted by Crippen LogP contribution is -2.69. The smallest absolute Gasteiger partial charge is 0.407 e. The Balaban J connectivity index is 1.90. The van der Waals surface area contributed by atoms with E-state index in [0.717, 1.165) is 56.9 Å². The second-order valence-corrected chi connectivity index (χ2v) is 17.6. The summed E-state index contributed by atoms with van der Waals surface area (Å²) in [6, 6.07) is 7.98. The number of nitrogens with zero attached hydrogens (tertiary/aromatic N) is 1. The average molecular weight is 860 g/mol. The van der Waals surface area contributed by atoms with Gasteiger partial charge in [-0.05, 0) is 18.4 Å². The summed E-state index contributed by atoms with van der Waals surface area (Å²) in [4.78, 5) is 41.1. The average Bonchev–Trinajstić information content (AvgIpc) is 3.27. The summed E-state index contributed by atoms with van der Waals surface area (Å²) in [6.45, 7) is 3.89. The third-order valence-electron chi connectivity index (χ3n) is 12.2. The van der Waals surface area contributed by atoms with Crippen molar-refractivity contribution in [2.75, 3.05) is 19.7 Å².